The van der Waals surface area contributed by atoms with Crippen LogP contribution in [0.1, 0.15) is 23.6 Å². The lowest BCUT2D eigenvalue weighted by atomic mass is 9.97. The van der Waals surface area contributed by atoms with E-state index in [2.05, 4.69) is 15.0 Å². The number of pyridine rings is 1. The van der Waals surface area contributed by atoms with E-state index in [1.54, 1.807) is 12.3 Å². The number of methoxy groups -OCH3 is 1. The van der Waals surface area contributed by atoms with Gasteiger partial charge in [-0.2, -0.15) is 13.2 Å². The zero-order valence-corrected chi connectivity index (χ0v) is 14.0. The Morgan fingerprint density at radius 2 is 2.00 bits per heavy atom. The Morgan fingerprint density at radius 3 is 2.64 bits per heavy atom. The smallest absolute Gasteiger partial charge is 0.416 e. The average molecular weight is 352 g/mol. The predicted octanol–water partition coefficient (Wildman–Crippen LogP) is 3.59. The molecule has 0 bridgehead atoms. The van der Waals surface area contributed by atoms with Gasteiger partial charge in [0.2, 0.25) is 0 Å². The summed E-state index contributed by atoms with van der Waals surface area (Å²) in [6.45, 7) is 2.82. The number of carbonyl (C=O) groups is 1. The number of carbonyl (C=O) groups excluding carboxylic acids is 1. The van der Waals surface area contributed by atoms with Crippen LogP contribution in [0.2, 0.25) is 0 Å². The number of rotatable bonds is 6. The van der Waals surface area contributed by atoms with E-state index in [0.717, 1.165) is 12.1 Å². The van der Waals surface area contributed by atoms with Crippen LogP contribution in [0.5, 0.6) is 0 Å². The summed E-state index contributed by atoms with van der Waals surface area (Å²) < 4.78 is 43.6. The summed E-state index contributed by atoms with van der Waals surface area (Å²) >= 11 is 0. The second-order valence-corrected chi connectivity index (χ2v) is 5.48. The summed E-state index contributed by atoms with van der Waals surface area (Å²) in [7, 11) is 1.30. The largest absolute Gasteiger partial charge is 0.469 e. The molecule has 7 heteroatoms. The third-order valence-electron chi connectivity index (χ3n) is 3.68. The molecule has 0 spiro atoms. The maximum Gasteiger partial charge on any atom is 0.416 e. The number of nitrogens with one attached hydrogen (secondary N) is 1. The van der Waals surface area contributed by atoms with Gasteiger partial charge >= 0.3 is 12.1 Å². The quantitative estimate of drug-likeness (QED) is 0.807. The summed E-state index contributed by atoms with van der Waals surface area (Å²) in [6.07, 6.45) is -1.24. The highest BCUT2D eigenvalue weighted by Crippen LogP contribution is 2.33. The second-order valence-electron chi connectivity index (χ2n) is 5.48. The van der Waals surface area contributed by atoms with Gasteiger partial charge in [0.05, 0.1) is 19.1 Å². The number of esters is 1. The van der Waals surface area contributed by atoms with E-state index in [1.807, 2.05) is 6.92 Å². The van der Waals surface area contributed by atoms with Gasteiger partial charge in [-0.3, -0.25) is 9.78 Å². The van der Waals surface area contributed by atoms with E-state index in [9.17, 15) is 18.0 Å². The monoisotopic (exact) mass is 352 g/mol. The van der Waals surface area contributed by atoms with Crippen molar-refractivity contribution in [3.63, 3.8) is 0 Å². The summed E-state index contributed by atoms with van der Waals surface area (Å²) in [5.74, 6) is -0.403. The number of ether oxygens (including phenoxy) is 1. The highest BCUT2D eigenvalue weighted by atomic mass is 19.4. The number of halogens is 3. The van der Waals surface area contributed by atoms with Gasteiger partial charge < -0.3 is 10.1 Å². The zero-order valence-electron chi connectivity index (χ0n) is 14.0. The number of nitrogens with zero attached hydrogens (tertiary/aromatic N) is 1. The molecule has 0 atom stereocenters. The van der Waals surface area contributed by atoms with Gasteiger partial charge in [0.15, 0.2) is 0 Å². The molecule has 0 aliphatic heterocycles. The number of aromatic nitrogens is 1. The van der Waals surface area contributed by atoms with Crippen LogP contribution in [-0.4, -0.2) is 24.6 Å². The molecule has 0 aliphatic carbocycles. The first-order chi connectivity index (χ1) is 11.8. The van der Waals surface area contributed by atoms with E-state index >= 15 is 0 Å². The predicted molar refractivity (Wildman–Crippen MR) is 87.8 cm³/mol. The van der Waals surface area contributed by atoms with Crippen LogP contribution in [-0.2, 0) is 28.7 Å². The van der Waals surface area contributed by atoms with Crippen LogP contribution >= 0.6 is 0 Å². The third-order valence-corrected chi connectivity index (χ3v) is 3.68. The van der Waals surface area contributed by atoms with E-state index in [0.29, 0.717) is 35.3 Å². The number of hydrogen-bond donors (Lipinski definition) is 1. The van der Waals surface area contributed by atoms with Crippen LogP contribution in [0.4, 0.5) is 13.2 Å². The Morgan fingerprint density at radius 1 is 1.24 bits per heavy atom. The fraction of sp³-hybridized carbons (Fsp3) is 0.333. The molecule has 134 valence electrons. The van der Waals surface area contributed by atoms with Crippen molar-refractivity contribution in [3.05, 3.63) is 53.3 Å². The molecule has 1 aromatic carbocycles. The van der Waals surface area contributed by atoms with Crippen LogP contribution in [0.25, 0.3) is 11.1 Å². The van der Waals surface area contributed by atoms with Crippen molar-refractivity contribution >= 4 is 5.97 Å². The van der Waals surface area contributed by atoms with Gasteiger partial charge in [0, 0.05) is 24.5 Å². The lowest BCUT2D eigenvalue weighted by molar-refractivity contribution is -0.140. The van der Waals surface area contributed by atoms with Crippen molar-refractivity contribution in [2.45, 2.75) is 26.1 Å². The van der Waals surface area contributed by atoms with E-state index in [4.69, 9.17) is 0 Å². The SMILES string of the molecule is CCNCc1cc(C(F)(F)F)ccc1-c1cncc(CC(=O)OC)c1. The molecule has 0 radical (unpaired) electrons. The maximum atomic E-state index is 13.0. The molecular weight excluding hydrogens is 333 g/mol. The molecule has 0 fully saturated rings. The van der Waals surface area contributed by atoms with Gasteiger partial charge in [-0.15, -0.1) is 0 Å². The molecule has 0 saturated carbocycles. The van der Waals surface area contributed by atoms with E-state index < -0.39 is 17.7 Å². The molecule has 0 unspecified atom stereocenters. The van der Waals surface area contributed by atoms with Crippen molar-refractivity contribution in [2.75, 3.05) is 13.7 Å². The fourth-order valence-corrected chi connectivity index (χ4v) is 2.43. The van der Waals surface area contributed by atoms with Crippen LogP contribution < -0.4 is 5.32 Å². The van der Waals surface area contributed by atoms with Crippen molar-refractivity contribution in [2.24, 2.45) is 0 Å². The zero-order chi connectivity index (χ0) is 18.4. The summed E-state index contributed by atoms with van der Waals surface area (Å²) in [5.41, 5.74) is 1.77. The molecular formula is C18H19F3N2O2. The normalized spacial score (nSPS) is 11.4. The van der Waals surface area contributed by atoms with Gasteiger partial charge in [-0.05, 0) is 41.4 Å². The molecule has 25 heavy (non-hydrogen) atoms. The maximum absolute atomic E-state index is 13.0. The standard InChI is InChI=1S/C18H19F3N2O2/c1-3-22-10-14-8-15(18(19,20)21)4-5-16(14)13-6-12(9-23-11-13)7-17(24)25-2/h4-6,8-9,11,22H,3,7,10H2,1-2H3. The number of benzene rings is 1. The molecule has 0 aliphatic rings. The molecule has 4 nitrogen and oxygen atoms in total. The molecule has 2 aromatic rings. The van der Waals surface area contributed by atoms with Crippen molar-refractivity contribution in [1.29, 1.82) is 0 Å². The first-order valence-corrected chi connectivity index (χ1v) is 7.77. The fourth-order valence-electron chi connectivity index (χ4n) is 2.43. The third kappa shape index (κ3) is 5.03. The number of alkyl halides is 3. The van der Waals surface area contributed by atoms with Crippen molar-refractivity contribution in [3.8, 4) is 11.1 Å². The van der Waals surface area contributed by atoms with Gasteiger partial charge in [-0.1, -0.05) is 13.0 Å². The molecule has 1 heterocycles. The van der Waals surface area contributed by atoms with Crippen molar-refractivity contribution in [1.82, 2.24) is 10.3 Å². The van der Waals surface area contributed by atoms with Gasteiger partial charge in [0.1, 0.15) is 0 Å². The second kappa shape index (κ2) is 8.11. The van der Waals surface area contributed by atoms with Crippen LogP contribution in [0, 0.1) is 0 Å². The molecule has 0 saturated heterocycles. The van der Waals surface area contributed by atoms with Gasteiger partial charge in [0.25, 0.3) is 0 Å². The Hall–Kier alpha value is -2.41. The van der Waals surface area contributed by atoms with E-state index in [1.165, 1.54) is 19.4 Å². The summed E-state index contributed by atoms with van der Waals surface area (Å²) in [4.78, 5) is 15.5. The Balaban J connectivity index is 2.43. The first kappa shape index (κ1) is 18.9. The highest BCUT2D eigenvalue weighted by Gasteiger charge is 2.31. The van der Waals surface area contributed by atoms with Crippen LogP contribution in [0.15, 0.2) is 36.7 Å². The molecule has 2 rings (SSSR count). The summed E-state index contributed by atoms with van der Waals surface area (Å²) in [6, 6.07) is 5.37. The average Bonchev–Trinajstić information content (AvgIpc) is 2.59. The lowest BCUT2D eigenvalue weighted by Gasteiger charge is -2.14. The first-order valence-electron chi connectivity index (χ1n) is 7.77. The highest BCUT2D eigenvalue weighted by molar-refractivity contribution is 5.74. The van der Waals surface area contributed by atoms with Gasteiger partial charge in [-0.25, -0.2) is 0 Å². The Bertz CT molecular complexity index is 745. The topological polar surface area (TPSA) is 51.2 Å². The molecule has 0 amide bonds. The Kier molecular flexibility index (Phi) is 6.14. The Labute approximate surface area is 144 Å². The number of hydrogen-bond acceptors (Lipinski definition) is 4. The van der Waals surface area contributed by atoms with Crippen LogP contribution in [0.3, 0.4) is 0 Å². The molecule has 1 N–H and O–H groups in total. The minimum atomic E-state index is -4.40. The molecule has 1 aromatic heterocycles. The lowest BCUT2D eigenvalue weighted by Crippen LogP contribution is -2.14. The minimum absolute atomic E-state index is 0.0561. The van der Waals surface area contributed by atoms with Crippen molar-refractivity contribution < 1.29 is 22.7 Å². The summed E-state index contributed by atoms with van der Waals surface area (Å²) in [5, 5.41) is 3.05. The minimum Gasteiger partial charge on any atom is -0.469 e. The van der Waals surface area contributed by atoms with E-state index in [-0.39, 0.29) is 6.42 Å².